The Morgan fingerprint density at radius 1 is 1.42 bits per heavy atom. The zero-order valence-electron chi connectivity index (χ0n) is 7.80. The molecular formula is C10H14BN. The van der Waals surface area contributed by atoms with Crippen LogP contribution < -0.4 is 5.46 Å². The van der Waals surface area contributed by atoms with Gasteiger partial charge in [-0.25, -0.2) is 0 Å². The maximum atomic E-state index is 2.38. The summed E-state index contributed by atoms with van der Waals surface area (Å²) in [5.41, 5.74) is 4.56. The lowest BCUT2D eigenvalue weighted by molar-refractivity contribution is 0.313. The zero-order valence-corrected chi connectivity index (χ0v) is 7.80. The molecule has 1 aliphatic rings. The molecule has 1 aromatic rings. The lowest BCUT2D eigenvalue weighted by Crippen LogP contribution is -2.30. The SMILES string of the molecule is Bc1cccc2c1CCN(C)C2. The second kappa shape index (κ2) is 2.94. The Balaban J connectivity index is 2.42. The third-order valence-corrected chi connectivity index (χ3v) is 2.69. The van der Waals surface area contributed by atoms with Gasteiger partial charge in [-0.1, -0.05) is 23.7 Å². The van der Waals surface area contributed by atoms with Gasteiger partial charge in [0.15, 0.2) is 0 Å². The molecule has 2 heteroatoms. The van der Waals surface area contributed by atoms with E-state index in [1.165, 1.54) is 24.0 Å². The van der Waals surface area contributed by atoms with Gasteiger partial charge in [0.1, 0.15) is 7.85 Å². The Morgan fingerprint density at radius 2 is 2.25 bits per heavy atom. The average molecular weight is 159 g/mol. The van der Waals surface area contributed by atoms with E-state index in [2.05, 4.69) is 38.0 Å². The maximum Gasteiger partial charge on any atom is 0.139 e. The van der Waals surface area contributed by atoms with Crippen molar-refractivity contribution in [1.82, 2.24) is 4.90 Å². The summed E-state index contributed by atoms with van der Waals surface area (Å²) in [4.78, 5) is 2.38. The number of likely N-dealkylation sites (N-methyl/N-ethyl adjacent to an activating group) is 1. The fraction of sp³-hybridized carbons (Fsp3) is 0.400. The largest absolute Gasteiger partial charge is 0.302 e. The minimum Gasteiger partial charge on any atom is -0.302 e. The molecule has 0 atom stereocenters. The molecule has 0 amide bonds. The summed E-state index contributed by atoms with van der Waals surface area (Å²) in [6.45, 7) is 2.33. The molecule has 12 heavy (non-hydrogen) atoms. The first kappa shape index (κ1) is 7.87. The molecule has 1 aromatic carbocycles. The predicted octanol–water partition coefficient (Wildman–Crippen LogP) is -0.0671. The van der Waals surface area contributed by atoms with Crippen molar-refractivity contribution in [3.8, 4) is 0 Å². The highest BCUT2D eigenvalue weighted by Crippen LogP contribution is 2.14. The highest BCUT2D eigenvalue weighted by Gasteiger charge is 2.13. The van der Waals surface area contributed by atoms with Gasteiger partial charge in [0.05, 0.1) is 0 Å². The molecule has 1 nitrogen and oxygen atoms in total. The van der Waals surface area contributed by atoms with Crippen molar-refractivity contribution in [2.24, 2.45) is 0 Å². The highest BCUT2D eigenvalue weighted by atomic mass is 15.1. The Morgan fingerprint density at radius 3 is 3.08 bits per heavy atom. The van der Waals surface area contributed by atoms with Crippen molar-refractivity contribution in [2.45, 2.75) is 13.0 Å². The summed E-state index contributed by atoms with van der Waals surface area (Å²) in [6.07, 6.45) is 1.22. The van der Waals surface area contributed by atoms with E-state index in [4.69, 9.17) is 0 Å². The fourth-order valence-corrected chi connectivity index (χ4v) is 1.94. The summed E-state index contributed by atoms with van der Waals surface area (Å²) in [5, 5.41) is 0. The lowest BCUT2D eigenvalue weighted by atomic mass is 9.84. The molecule has 0 saturated heterocycles. The standard InChI is InChI=1S/C10H14BN/c1-12-6-5-9-8(7-12)3-2-4-10(9)11/h2-4H,5-7,11H2,1H3. The van der Waals surface area contributed by atoms with E-state index in [0.29, 0.717) is 0 Å². The molecule has 0 spiro atoms. The monoisotopic (exact) mass is 159 g/mol. The number of hydrogen-bond acceptors (Lipinski definition) is 1. The van der Waals surface area contributed by atoms with Crippen LogP contribution in [0.3, 0.4) is 0 Å². The normalized spacial score (nSPS) is 17.4. The minimum absolute atomic E-state index is 1.12. The zero-order chi connectivity index (χ0) is 8.55. The molecule has 0 bridgehead atoms. The van der Waals surface area contributed by atoms with E-state index in [-0.39, 0.29) is 0 Å². The van der Waals surface area contributed by atoms with Gasteiger partial charge in [-0.3, -0.25) is 0 Å². The van der Waals surface area contributed by atoms with Crippen LogP contribution in [0.2, 0.25) is 0 Å². The summed E-state index contributed by atoms with van der Waals surface area (Å²) in [7, 11) is 4.40. The van der Waals surface area contributed by atoms with Gasteiger partial charge in [0.2, 0.25) is 0 Å². The Labute approximate surface area is 74.8 Å². The Bertz CT molecular complexity index is 296. The van der Waals surface area contributed by atoms with E-state index in [0.717, 1.165) is 6.54 Å². The van der Waals surface area contributed by atoms with Crippen LogP contribution in [0.15, 0.2) is 18.2 Å². The summed E-state index contributed by atoms with van der Waals surface area (Å²) >= 11 is 0. The second-order valence-corrected chi connectivity index (χ2v) is 3.70. The predicted molar refractivity (Wildman–Crippen MR) is 54.7 cm³/mol. The van der Waals surface area contributed by atoms with Crippen molar-refractivity contribution >= 4 is 13.3 Å². The van der Waals surface area contributed by atoms with Gasteiger partial charge in [-0.15, -0.1) is 0 Å². The van der Waals surface area contributed by atoms with Crippen LogP contribution in [0.25, 0.3) is 0 Å². The molecule has 0 fully saturated rings. The second-order valence-electron chi connectivity index (χ2n) is 3.70. The quantitative estimate of drug-likeness (QED) is 0.479. The topological polar surface area (TPSA) is 3.24 Å². The number of rotatable bonds is 0. The average Bonchev–Trinajstić information content (AvgIpc) is 2.04. The van der Waals surface area contributed by atoms with Crippen molar-refractivity contribution in [3.05, 3.63) is 29.3 Å². The first-order chi connectivity index (χ1) is 5.77. The van der Waals surface area contributed by atoms with Crippen LogP contribution in [-0.2, 0) is 13.0 Å². The molecule has 0 N–H and O–H groups in total. The summed E-state index contributed by atoms with van der Waals surface area (Å²) < 4.78 is 0. The fourth-order valence-electron chi connectivity index (χ4n) is 1.94. The van der Waals surface area contributed by atoms with Crippen LogP contribution in [-0.4, -0.2) is 26.3 Å². The maximum absolute atomic E-state index is 2.38. The molecule has 62 valence electrons. The van der Waals surface area contributed by atoms with Crippen LogP contribution >= 0.6 is 0 Å². The molecule has 0 saturated carbocycles. The van der Waals surface area contributed by atoms with E-state index in [1.54, 1.807) is 5.56 Å². The van der Waals surface area contributed by atoms with Crippen LogP contribution in [0.4, 0.5) is 0 Å². The minimum atomic E-state index is 1.12. The highest BCUT2D eigenvalue weighted by molar-refractivity contribution is 6.33. The van der Waals surface area contributed by atoms with Gasteiger partial charge >= 0.3 is 0 Å². The summed E-state index contributed by atoms with van der Waals surface area (Å²) in [5.74, 6) is 0. The van der Waals surface area contributed by atoms with Gasteiger partial charge in [0, 0.05) is 13.1 Å². The molecule has 0 unspecified atom stereocenters. The molecule has 1 heterocycles. The molecule has 0 aliphatic carbocycles. The first-order valence-electron chi connectivity index (χ1n) is 4.53. The third kappa shape index (κ3) is 1.27. The van der Waals surface area contributed by atoms with E-state index < -0.39 is 0 Å². The smallest absolute Gasteiger partial charge is 0.139 e. The number of benzene rings is 1. The van der Waals surface area contributed by atoms with Crippen molar-refractivity contribution < 1.29 is 0 Å². The molecule has 2 rings (SSSR count). The van der Waals surface area contributed by atoms with E-state index in [9.17, 15) is 0 Å². The lowest BCUT2D eigenvalue weighted by Gasteiger charge is -2.26. The van der Waals surface area contributed by atoms with Crippen LogP contribution in [0.1, 0.15) is 11.1 Å². The van der Waals surface area contributed by atoms with E-state index >= 15 is 0 Å². The number of hydrogen-bond donors (Lipinski definition) is 0. The Hall–Kier alpha value is -0.755. The third-order valence-electron chi connectivity index (χ3n) is 2.69. The first-order valence-corrected chi connectivity index (χ1v) is 4.53. The molecule has 0 aromatic heterocycles. The van der Waals surface area contributed by atoms with Crippen molar-refractivity contribution in [1.29, 1.82) is 0 Å². The van der Waals surface area contributed by atoms with Crippen molar-refractivity contribution in [3.63, 3.8) is 0 Å². The summed E-state index contributed by atoms with van der Waals surface area (Å²) in [6, 6.07) is 6.62. The molecule has 1 aliphatic heterocycles. The molecule has 0 radical (unpaired) electrons. The number of nitrogens with zero attached hydrogens (tertiary/aromatic N) is 1. The van der Waals surface area contributed by atoms with Crippen molar-refractivity contribution in [2.75, 3.05) is 13.6 Å². The van der Waals surface area contributed by atoms with Gasteiger partial charge in [-0.2, -0.15) is 0 Å². The van der Waals surface area contributed by atoms with Gasteiger partial charge in [-0.05, 0) is 24.6 Å². The van der Waals surface area contributed by atoms with E-state index in [1.807, 2.05) is 0 Å². The van der Waals surface area contributed by atoms with Gasteiger partial charge in [0.25, 0.3) is 0 Å². The molecular weight excluding hydrogens is 145 g/mol. The van der Waals surface area contributed by atoms with Crippen LogP contribution in [0, 0.1) is 0 Å². The Kier molecular flexibility index (Phi) is 1.93. The van der Waals surface area contributed by atoms with Crippen LogP contribution in [0.5, 0.6) is 0 Å². The van der Waals surface area contributed by atoms with Gasteiger partial charge < -0.3 is 4.90 Å². The number of fused-ring (bicyclic) bond motifs is 1.